The molecule has 2 rings (SSSR count). The lowest BCUT2D eigenvalue weighted by Gasteiger charge is -2.19. The molecule has 0 N–H and O–H groups in total. The van der Waals surface area contributed by atoms with Crippen LogP contribution in [0.1, 0.15) is 39.0 Å². The highest BCUT2D eigenvalue weighted by Crippen LogP contribution is 2.33. The minimum atomic E-state index is 0.0485. The lowest BCUT2D eigenvalue weighted by Crippen LogP contribution is -2.23. The molecular weight excluding hydrogens is 314 g/mol. The highest BCUT2D eigenvalue weighted by Gasteiger charge is 2.27. The Morgan fingerprint density at radius 1 is 1.15 bits per heavy atom. The Balaban J connectivity index is 2.10. The van der Waals surface area contributed by atoms with Crippen LogP contribution in [0.5, 0.6) is 0 Å². The SMILES string of the molecule is CCCCCCC1=CC(=O)N(c2ccccc2)/C1=C\Br. The fourth-order valence-electron chi connectivity index (χ4n) is 2.45. The molecule has 0 radical (unpaired) electrons. The Labute approximate surface area is 129 Å². The molecule has 0 spiro atoms. The van der Waals surface area contributed by atoms with Crippen LogP contribution in [0.15, 0.2) is 52.7 Å². The van der Waals surface area contributed by atoms with Crippen LogP contribution in [0.4, 0.5) is 5.69 Å². The van der Waals surface area contributed by atoms with Gasteiger partial charge in [0.05, 0.1) is 5.70 Å². The molecule has 1 aliphatic rings. The van der Waals surface area contributed by atoms with Crippen LogP contribution >= 0.6 is 15.9 Å². The molecule has 0 aromatic heterocycles. The maximum Gasteiger partial charge on any atom is 0.255 e. The number of unbranched alkanes of at least 4 members (excludes halogenated alkanes) is 3. The quantitative estimate of drug-likeness (QED) is 0.658. The molecule has 1 amide bonds. The normalized spacial score (nSPS) is 16.9. The molecule has 3 heteroatoms. The number of carbonyl (C=O) groups is 1. The van der Waals surface area contributed by atoms with E-state index in [9.17, 15) is 4.79 Å². The maximum absolute atomic E-state index is 12.2. The Hall–Kier alpha value is -1.35. The fourth-order valence-corrected chi connectivity index (χ4v) is 2.95. The Morgan fingerprint density at radius 2 is 1.90 bits per heavy atom. The monoisotopic (exact) mass is 333 g/mol. The Morgan fingerprint density at radius 3 is 2.55 bits per heavy atom. The number of hydrogen-bond acceptors (Lipinski definition) is 1. The summed E-state index contributed by atoms with van der Waals surface area (Å²) in [4.78, 5) is 15.9. The summed E-state index contributed by atoms with van der Waals surface area (Å²) in [6.07, 6.45) is 7.59. The highest BCUT2D eigenvalue weighted by molar-refractivity contribution is 9.11. The number of para-hydroxylation sites is 1. The number of anilines is 1. The maximum atomic E-state index is 12.2. The second-order valence-electron chi connectivity index (χ2n) is 4.98. The van der Waals surface area contributed by atoms with Crippen molar-refractivity contribution >= 4 is 27.5 Å². The van der Waals surface area contributed by atoms with E-state index in [0.717, 1.165) is 29.8 Å². The van der Waals surface area contributed by atoms with Gasteiger partial charge in [0.25, 0.3) is 5.91 Å². The average Bonchev–Trinajstić information content (AvgIpc) is 2.80. The van der Waals surface area contributed by atoms with Crippen LogP contribution in [0.25, 0.3) is 0 Å². The summed E-state index contributed by atoms with van der Waals surface area (Å²) in [5.41, 5.74) is 3.02. The molecule has 1 aromatic carbocycles. The number of halogens is 1. The molecule has 0 saturated heterocycles. The minimum Gasteiger partial charge on any atom is -0.277 e. The zero-order valence-electron chi connectivity index (χ0n) is 11.8. The van der Waals surface area contributed by atoms with Crippen LogP contribution in [0, 0.1) is 0 Å². The van der Waals surface area contributed by atoms with Crippen molar-refractivity contribution in [2.24, 2.45) is 0 Å². The molecule has 1 heterocycles. The van der Waals surface area contributed by atoms with Gasteiger partial charge in [-0.25, -0.2) is 0 Å². The van der Waals surface area contributed by atoms with E-state index in [1.54, 1.807) is 11.0 Å². The predicted octanol–water partition coefficient (Wildman–Crippen LogP) is 5.17. The lowest BCUT2D eigenvalue weighted by molar-refractivity contribution is -0.113. The first-order valence-corrected chi connectivity index (χ1v) is 8.10. The summed E-state index contributed by atoms with van der Waals surface area (Å²) < 4.78 is 0. The number of rotatable bonds is 6. The van der Waals surface area contributed by atoms with Gasteiger partial charge in [-0.05, 0) is 30.5 Å². The van der Waals surface area contributed by atoms with E-state index in [-0.39, 0.29) is 5.91 Å². The molecule has 0 unspecified atom stereocenters. The van der Waals surface area contributed by atoms with Crippen molar-refractivity contribution in [1.82, 2.24) is 0 Å². The Kier molecular flexibility index (Phi) is 5.60. The molecule has 106 valence electrons. The zero-order chi connectivity index (χ0) is 14.4. The third-order valence-corrected chi connectivity index (χ3v) is 3.94. The summed E-state index contributed by atoms with van der Waals surface area (Å²) >= 11 is 3.41. The van der Waals surface area contributed by atoms with Crippen LogP contribution in [-0.2, 0) is 4.79 Å². The largest absolute Gasteiger partial charge is 0.277 e. The van der Waals surface area contributed by atoms with Crippen molar-refractivity contribution in [3.05, 3.63) is 52.7 Å². The van der Waals surface area contributed by atoms with E-state index in [1.807, 2.05) is 35.3 Å². The fraction of sp³-hybridized carbons (Fsp3) is 0.353. The van der Waals surface area contributed by atoms with Crippen molar-refractivity contribution in [2.75, 3.05) is 4.90 Å². The van der Waals surface area contributed by atoms with Gasteiger partial charge in [0.1, 0.15) is 0 Å². The zero-order valence-corrected chi connectivity index (χ0v) is 13.4. The van der Waals surface area contributed by atoms with Gasteiger partial charge in [-0.2, -0.15) is 0 Å². The first-order chi connectivity index (χ1) is 9.77. The number of carbonyl (C=O) groups excluding carboxylic acids is 1. The smallest absolute Gasteiger partial charge is 0.255 e. The van der Waals surface area contributed by atoms with Crippen molar-refractivity contribution < 1.29 is 4.79 Å². The topological polar surface area (TPSA) is 20.3 Å². The van der Waals surface area contributed by atoms with E-state index in [2.05, 4.69) is 22.9 Å². The predicted molar refractivity (Wildman–Crippen MR) is 87.8 cm³/mol. The summed E-state index contributed by atoms with van der Waals surface area (Å²) in [6.45, 7) is 2.21. The standard InChI is InChI=1S/C17H20BrNO/c1-2-3-4-6-9-14-12-17(20)19(16(14)13-18)15-10-7-5-8-11-15/h5,7-8,10-13H,2-4,6,9H2,1H3/b16-13-. The van der Waals surface area contributed by atoms with E-state index in [4.69, 9.17) is 0 Å². The summed E-state index contributed by atoms with van der Waals surface area (Å²) in [6, 6.07) is 9.78. The molecule has 0 atom stereocenters. The highest BCUT2D eigenvalue weighted by atomic mass is 79.9. The third-order valence-electron chi connectivity index (χ3n) is 3.51. The van der Waals surface area contributed by atoms with E-state index in [0.29, 0.717) is 0 Å². The van der Waals surface area contributed by atoms with Crippen molar-refractivity contribution in [1.29, 1.82) is 0 Å². The summed E-state index contributed by atoms with van der Waals surface area (Å²) in [5.74, 6) is 0.0485. The van der Waals surface area contributed by atoms with Gasteiger partial charge in [-0.15, -0.1) is 0 Å². The minimum absolute atomic E-state index is 0.0485. The van der Waals surface area contributed by atoms with E-state index in [1.165, 1.54) is 19.3 Å². The molecule has 0 aliphatic carbocycles. The molecule has 0 bridgehead atoms. The first-order valence-electron chi connectivity index (χ1n) is 7.18. The molecule has 2 nitrogen and oxygen atoms in total. The number of nitrogens with zero attached hydrogens (tertiary/aromatic N) is 1. The number of allylic oxidation sites excluding steroid dienone is 1. The van der Waals surface area contributed by atoms with Gasteiger partial charge in [0.15, 0.2) is 0 Å². The molecule has 1 aliphatic heterocycles. The van der Waals surface area contributed by atoms with Crippen LogP contribution in [0.2, 0.25) is 0 Å². The number of benzene rings is 1. The van der Waals surface area contributed by atoms with E-state index >= 15 is 0 Å². The van der Waals surface area contributed by atoms with Gasteiger partial charge < -0.3 is 0 Å². The molecular formula is C17H20BrNO. The van der Waals surface area contributed by atoms with Crippen LogP contribution in [-0.4, -0.2) is 5.91 Å². The summed E-state index contributed by atoms with van der Waals surface area (Å²) in [7, 11) is 0. The van der Waals surface area contributed by atoms with Gasteiger partial charge in [-0.3, -0.25) is 9.69 Å². The number of hydrogen-bond donors (Lipinski definition) is 0. The van der Waals surface area contributed by atoms with E-state index < -0.39 is 0 Å². The average molecular weight is 334 g/mol. The van der Waals surface area contributed by atoms with Crippen molar-refractivity contribution in [3.63, 3.8) is 0 Å². The Bertz CT molecular complexity index is 519. The number of amides is 1. The first kappa shape index (κ1) is 15.0. The molecule has 0 fully saturated rings. The van der Waals surface area contributed by atoms with Crippen LogP contribution < -0.4 is 4.90 Å². The molecule has 1 aromatic rings. The van der Waals surface area contributed by atoms with Gasteiger partial charge >= 0.3 is 0 Å². The second-order valence-corrected chi connectivity index (χ2v) is 5.44. The van der Waals surface area contributed by atoms with Gasteiger partial charge in [0.2, 0.25) is 0 Å². The second kappa shape index (κ2) is 7.44. The lowest BCUT2D eigenvalue weighted by atomic mass is 10.1. The summed E-state index contributed by atoms with van der Waals surface area (Å²) in [5, 5.41) is 0. The van der Waals surface area contributed by atoms with Crippen molar-refractivity contribution in [3.8, 4) is 0 Å². The van der Waals surface area contributed by atoms with Crippen LogP contribution in [0.3, 0.4) is 0 Å². The van der Waals surface area contributed by atoms with Crippen molar-refractivity contribution in [2.45, 2.75) is 39.0 Å². The molecule has 0 saturated carbocycles. The van der Waals surface area contributed by atoms with Gasteiger partial charge in [-0.1, -0.05) is 60.3 Å². The van der Waals surface area contributed by atoms with Gasteiger partial charge in [0, 0.05) is 16.7 Å². The third kappa shape index (κ3) is 3.40. The molecule has 20 heavy (non-hydrogen) atoms.